The van der Waals surface area contributed by atoms with E-state index in [1.807, 2.05) is 42.5 Å². The summed E-state index contributed by atoms with van der Waals surface area (Å²) in [4.78, 5) is 37.5. The lowest BCUT2D eigenvalue weighted by atomic mass is 10.1. The Bertz CT molecular complexity index is 1490. The summed E-state index contributed by atoms with van der Waals surface area (Å²) in [5, 5.41) is 2.55. The number of nitrogens with one attached hydrogen (secondary N) is 1. The van der Waals surface area contributed by atoms with E-state index in [9.17, 15) is 14.4 Å². The lowest BCUT2D eigenvalue weighted by molar-refractivity contribution is -0.115. The third-order valence-corrected chi connectivity index (χ3v) is 6.33. The number of hydrogen-bond donors (Lipinski definition) is 1. The van der Waals surface area contributed by atoms with Crippen molar-refractivity contribution in [3.63, 3.8) is 0 Å². The molecule has 4 aromatic rings. The van der Waals surface area contributed by atoms with Crippen LogP contribution in [-0.2, 0) is 11.4 Å². The highest BCUT2D eigenvalue weighted by Gasteiger charge is 2.26. The van der Waals surface area contributed by atoms with E-state index in [4.69, 9.17) is 9.47 Å². The normalized spacial score (nSPS) is 14.4. The number of imide groups is 1. The molecular weight excluding hydrogens is 464 g/mol. The Morgan fingerprint density at radius 2 is 1.83 bits per heavy atom. The van der Waals surface area contributed by atoms with Gasteiger partial charge in [-0.2, -0.15) is 0 Å². The van der Waals surface area contributed by atoms with Crippen molar-refractivity contribution in [2.24, 2.45) is 0 Å². The van der Waals surface area contributed by atoms with E-state index >= 15 is 0 Å². The maximum absolute atomic E-state index is 13.4. The van der Waals surface area contributed by atoms with Crippen LogP contribution >= 0.6 is 11.8 Å². The van der Waals surface area contributed by atoms with Crippen molar-refractivity contribution in [3.05, 3.63) is 101 Å². The van der Waals surface area contributed by atoms with Crippen LogP contribution in [0.15, 0.2) is 83.9 Å². The van der Waals surface area contributed by atoms with Gasteiger partial charge in [-0.05, 0) is 59.8 Å². The average molecular weight is 485 g/mol. The van der Waals surface area contributed by atoms with Crippen LogP contribution in [0.5, 0.6) is 11.5 Å². The Kier molecular flexibility index (Phi) is 6.12. The molecule has 0 unspecified atom stereocenters. The zero-order valence-corrected chi connectivity index (χ0v) is 19.5. The topological polar surface area (TPSA) is 86.6 Å². The van der Waals surface area contributed by atoms with Crippen LogP contribution in [0.2, 0.25) is 0 Å². The molecule has 1 aromatic heterocycles. The van der Waals surface area contributed by atoms with Crippen LogP contribution in [0.4, 0.5) is 4.79 Å². The Morgan fingerprint density at radius 3 is 2.57 bits per heavy atom. The number of carbonyl (C=O) groups excluding carboxylic acids is 3. The van der Waals surface area contributed by atoms with E-state index in [1.54, 1.807) is 49.7 Å². The van der Waals surface area contributed by atoms with Crippen LogP contribution in [-0.4, -0.2) is 28.7 Å². The van der Waals surface area contributed by atoms with Crippen LogP contribution in [0.1, 0.15) is 21.5 Å². The number of hydrogen-bond acceptors (Lipinski definition) is 6. The quantitative estimate of drug-likeness (QED) is 0.377. The minimum atomic E-state index is -0.462. The minimum absolute atomic E-state index is 0.254. The van der Waals surface area contributed by atoms with Crippen LogP contribution in [0, 0.1) is 0 Å². The van der Waals surface area contributed by atoms with E-state index in [0.29, 0.717) is 40.1 Å². The minimum Gasteiger partial charge on any atom is -0.497 e. The van der Waals surface area contributed by atoms with E-state index in [-0.39, 0.29) is 10.8 Å². The second-order valence-corrected chi connectivity index (χ2v) is 8.81. The maximum atomic E-state index is 13.4. The highest BCUT2D eigenvalue weighted by Crippen LogP contribution is 2.32. The first-order chi connectivity index (χ1) is 17.0. The highest BCUT2D eigenvalue weighted by molar-refractivity contribution is 8.18. The molecule has 1 aliphatic heterocycles. The molecule has 0 atom stereocenters. The van der Waals surface area contributed by atoms with Gasteiger partial charge < -0.3 is 9.47 Å². The van der Waals surface area contributed by atoms with Gasteiger partial charge >= 0.3 is 0 Å². The molecule has 0 aliphatic carbocycles. The zero-order chi connectivity index (χ0) is 24.4. The Balaban J connectivity index is 1.57. The Labute approximate surface area is 205 Å². The van der Waals surface area contributed by atoms with Gasteiger partial charge in [-0.3, -0.25) is 24.3 Å². The molecule has 1 aliphatic rings. The second kappa shape index (κ2) is 9.52. The fraction of sp³-hybridized carbons (Fsp3) is 0.0741. The molecule has 1 N–H and O–H groups in total. The van der Waals surface area contributed by atoms with Gasteiger partial charge in [-0.1, -0.05) is 36.4 Å². The van der Waals surface area contributed by atoms with Crippen molar-refractivity contribution < 1.29 is 23.9 Å². The molecule has 7 nitrogen and oxygen atoms in total. The number of thioether (sulfide) groups is 1. The molecular formula is C27H20N2O5S. The number of rotatable bonds is 6. The smallest absolute Gasteiger partial charge is 0.290 e. The number of aromatic nitrogens is 1. The standard InChI is InChI=1S/C27H20N2O5S/c1-33-20-9-5-8-18(12-20)26(31)29-15-19(13-24-25(30)28-27(32)35-24)22-14-21(10-11-23(22)29)34-16-17-6-3-2-4-7-17/h2-15H,16H2,1H3,(H,28,30,32)/b24-13-. The van der Waals surface area contributed by atoms with E-state index < -0.39 is 11.1 Å². The molecule has 1 saturated heterocycles. The van der Waals surface area contributed by atoms with Gasteiger partial charge in [-0.15, -0.1) is 0 Å². The molecule has 0 bridgehead atoms. The predicted octanol–water partition coefficient (Wildman–Crippen LogP) is 5.24. The lowest BCUT2D eigenvalue weighted by Crippen LogP contribution is -2.17. The molecule has 35 heavy (non-hydrogen) atoms. The first-order valence-corrected chi connectivity index (χ1v) is 11.6. The van der Waals surface area contributed by atoms with Gasteiger partial charge in [-0.25, -0.2) is 0 Å². The fourth-order valence-electron chi connectivity index (χ4n) is 3.81. The van der Waals surface area contributed by atoms with Crippen LogP contribution in [0.25, 0.3) is 17.0 Å². The van der Waals surface area contributed by atoms with Gasteiger partial charge in [0.2, 0.25) is 0 Å². The Hall–Kier alpha value is -4.30. The highest BCUT2D eigenvalue weighted by atomic mass is 32.2. The molecule has 0 spiro atoms. The largest absolute Gasteiger partial charge is 0.497 e. The maximum Gasteiger partial charge on any atom is 0.290 e. The molecule has 3 aromatic carbocycles. The molecule has 8 heteroatoms. The SMILES string of the molecule is COc1cccc(C(=O)n2cc(/C=C3\SC(=O)NC3=O)c3cc(OCc4ccccc4)ccc32)c1. The number of methoxy groups -OCH3 is 1. The molecule has 2 amide bonds. The summed E-state index contributed by atoms with van der Waals surface area (Å²) in [5.41, 5.74) is 2.74. The molecule has 174 valence electrons. The summed E-state index contributed by atoms with van der Waals surface area (Å²) >= 11 is 0.827. The summed E-state index contributed by atoms with van der Waals surface area (Å²) in [6.45, 7) is 0.388. The summed E-state index contributed by atoms with van der Waals surface area (Å²) in [5.74, 6) is 0.476. The van der Waals surface area contributed by atoms with Crippen molar-refractivity contribution in [1.29, 1.82) is 0 Å². The number of ether oxygens (including phenoxy) is 2. The van der Waals surface area contributed by atoms with Gasteiger partial charge in [0.05, 0.1) is 17.5 Å². The van der Waals surface area contributed by atoms with Crippen molar-refractivity contribution in [2.45, 2.75) is 6.61 Å². The second-order valence-electron chi connectivity index (χ2n) is 7.80. The third kappa shape index (κ3) is 4.69. The van der Waals surface area contributed by atoms with Crippen molar-refractivity contribution in [1.82, 2.24) is 9.88 Å². The van der Waals surface area contributed by atoms with Crippen molar-refractivity contribution in [2.75, 3.05) is 7.11 Å². The molecule has 1 fully saturated rings. The summed E-state index contributed by atoms with van der Waals surface area (Å²) in [6.07, 6.45) is 3.28. The average Bonchev–Trinajstić information content (AvgIpc) is 3.41. The van der Waals surface area contributed by atoms with Gasteiger partial charge in [0.25, 0.3) is 17.1 Å². The molecule has 0 radical (unpaired) electrons. The molecule has 5 rings (SSSR count). The Morgan fingerprint density at radius 1 is 1.00 bits per heavy atom. The number of nitrogens with zero attached hydrogens (tertiary/aromatic N) is 1. The number of fused-ring (bicyclic) bond motifs is 1. The summed E-state index contributed by atoms with van der Waals surface area (Å²) in [6, 6.07) is 22.1. The van der Waals surface area contributed by atoms with E-state index in [2.05, 4.69) is 5.32 Å². The number of amides is 2. The predicted molar refractivity (Wildman–Crippen MR) is 135 cm³/mol. The van der Waals surface area contributed by atoms with E-state index in [1.165, 1.54) is 4.57 Å². The van der Waals surface area contributed by atoms with Gasteiger partial charge in [0, 0.05) is 22.7 Å². The third-order valence-electron chi connectivity index (χ3n) is 5.52. The van der Waals surface area contributed by atoms with Gasteiger partial charge in [0.15, 0.2) is 0 Å². The van der Waals surface area contributed by atoms with Crippen LogP contribution in [0.3, 0.4) is 0 Å². The first-order valence-electron chi connectivity index (χ1n) is 10.8. The van der Waals surface area contributed by atoms with Crippen molar-refractivity contribution >= 4 is 45.8 Å². The zero-order valence-electron chi connectivity index (χ0n) is 18.7. The lowest BCUT2D eigenvalue weighted by Gasteiger charge is -2.08. The van der Waals surface area contributed by atoms with Crippen LogP contribution < -0.4 is 14.8 Å². The van der Waals surface area contributed by atoms with E-state index in [0.717, 1.165) is 17.3 Å². The number of benzene rings is 3. The van der Waals surface area contributed by atoms with Gasteiger partial charge in [0.1, 0.15) is 18.1 Å². The fourth-order valence-corrected chi connectivity index (χ4v) is 4.48. The van der Waals surface area contributed by atoms with Crippen molar-refractivity contribution in [3.8, 4) is 11.5 Å². The summed E-state index contributed by atoms with van der Waals surface area (Å²) < 4.78 is 12.8. The monoisotopic (exact) mass is 484 g/mol. The molecule has 2 heterocycles. The first kappa shape index (κ1) is 22.5. The number of carbonyl (C=O) groups is 3. The molecule has 0 saturated carbocycles. The summed E-state index contributed by atoms with van der Waals surface area (Å²) in [7, 11) is 1.54.